The van der Waals surface area contributed by atoms with Crippen molar-refractivity contribution in [2.24, 2.45) is 5.92 Å². The summed E-state index contributed by atoms with van der Waals surface area (Å²) in [6.07, 6.45) is 0. The van der Waals surface area contributed by atoms with Crippen LogP contribution in [0.1, 0.15) is 27.7 Å². The molecular weight excluding hydrogens is 258 g/mol. The molecule has 0 heterocycles. The van der Waals surface area contributed by atoms with Gasteiger partial charge in [0.2, 0.25) is 5.91 Å². The lowest BCUT2D eigenvalue weighted by Crippen LogP contribution is -2.37. The number of ether oxygens (including phenoxy) is 1. The molecule has 1 rings (SSSR count). The third-order valence-electron chi connectivity index (χ3n) is 2.89. The largest absolute Gasteiger partial charge is 0.494 e. The molecule has 0 aliphatic rings. The fourth-order valence-electron chi connectivity index (χ4n) is 1.41. The molecule has 0 bridgehead atoms. The van der Waals surface area contributed by atoms with Crippen LogP contribution in [0.2, 0.25) is 0 Å². The standard InChI is InChI=1S/C15H23NO2S/c1-5-18-13-6-8-14(9-7-13)19-10-15(17)16-12(4)11(2)3/h6-9,11-12H,5,10H2,1-4H3,(H,16,17). The third kappa shape index (κ3) is 6.01. The highest BCUT2D eigenvalue weighted by Gasteiger charge is 2.10. The van der Waals surface area contributed by atoms with Crippen molar-refractivity contribution in [1.82, 2.24) is 5.32 Å². The quantitative estimate of drug-likeness (QED) is 0.779. The van der Waals surface area contributed by atoms with Crippen LogP contribution in [0.15, 0.2) is 29.2 Å². The van der Waals surface area contributed by atoms with Crippen molar-refractivity contribution >= 4 is 17.7 Å². The molecule has 0 spiro atoms. The number of thioether (sulfide) groups is 1. The van der Waals surface area contributed by atoms with Gasteiger partial charge in [0, 0.05) is 10.9 Å². The predicted molar refractivity (Wildman–Crippen MR) is 80.8 cm³/mol. The average Bonchev–Trinajstić information content (AvgIpc) is 2.38. The Hall–Kier alpha value is -1.16. The number of carbonyl (C=O) groups excluding carboxylic acids is 1. The van der Waals surface area contributed by atoms with E-state index in [1.807, 2.05) is 38.1 Å². The molecule has 106 valence electrons. The van der Waals surface area contributed by atoms with Crippen LogP contribution in [0.25, 0.3) is 0 Å². The van der Waals surface area contributed by atoms with Gasteiger partial charge in [-0.15, -0.1) is 11.8 Å². The Morgan fingerprint density at radius 3 is 2.42 bits per heavy atom. The number of amides is 1. The Bertz CT molecular complexity index is 390. The molecule has 0 aliphatic heterocycles. The Morgan fingerprint density at radius 1 is 1.26 bits per heavy atom. The second-order valence-corrected chi connectivity index (χ2v) is 5.84. The molecule has 4 heteroatoms. The average molecular weight is 281 g/mol. The van der Waals surface area contributed by atoms with Crippen LogP contribution in [-0.4, -0.2) is 24.3 Å². The van der Waals surface area contributed by atoms with Crippen molar-refractivity contribution < 1.29 is 9.53 Å². The van der Waals surface area contributed by atoms with Crippen molar-refractivity contribution in [3.63, 3.8) is 0 Å². The second kappa shape index (κ2) is 8.10. The van der Waals surface area contributed by atoms with E-state index in [1.54, 1.807) is 11.8 Å². The van der Waals surface area contributed by atoms with Gasteiger partial charge in [-0.25, -0.2) is 0 Å². The van der Waals surface area contributed by atoms with Gasteiger partial charge in [0.05, 0.1) is 12.4 Å². The molecule has 0 aromatic heterocycles. The Kier molecular flexibility index (Phi) is 6.78. The molecule has 1 atom stereocenters. The van der Waals surface area contributed by atoms with Crippen LogP contribution >= 0.6 is 11.8 Å². The highest BCUT2D eigenvalue weighted by molar-refractivity contribution is 8.00. The summed E-state index contributed by atoms with van der Waals surface area (Å²) in [5.74, 6) is 1.86. The van der Waals surface area contributed by atoms with Crippen LogP contribution in [0.3, 0.4) is 0 Å². The molecule has 0 saturated carbocycles. The van der Waals surface area contributed by atoms with Gasteiger partial charge in [0.1, 0.15) is 5.75 Å². The molecule has 0 saturated heterocycles. The third-order valence-corrected chi connectivity index (χ3v) is 3.91. The smallest absolute Gasteiger partial charge is 0.230 e. The van der Waals surface area contributed by atoms with Gasteiger partial charge in [-0.05, 0) is 44.0 Å². The van der Waals surface area contributed by atoms with Crippen LogP contribution in [-0.2, 0) is 4.79 Å². The summed E-state index contributed by atoms with van der Waals surface area (Å²) < 4.78 is 5.38. The number of hydrogen-bond acceptors (Lipinski definition) is 3. The molecule has 1 N–H and O–H groups in total. The zero-order chi connectivity index (χ0) is 14.3. The van der Waals surface area contributed by atoms with E-state index in [4.69, 9.17) is 4.74 Å². The van der Waals surface area contributed by atoms with Crippen molar-refractivity contribution in [2.45, 2.75) is 38.6 Å². The Balaban J connectivity index is 2.37. The molecule has 1 unspecified atom stereocenters. The van der Waals surface area contributed by atoms with Gasteiger partial charge in [0.25, 0.3) is 0 Å². The molecular formula is C15H23NO2S. The summed E-state index contributed by atoms with van der Waals surface area (Å²) in [5.41, 5.74) is 0. The van der Waals surface area contributed by atoms with Crippen LogP contribution in [0.5, 0.6) is 5.75 Å². The number of carbonyl (C=O) groups is 1. The van der Waals surface area contributed by atoms with E-state index in [2.05, 4.69) is 19.2 Å². The first-order valence-electron chi connectivity index (χ1n) is 6.68. The molecule has 3 nitrogen and oxygen atoms in total. The molecule has 0 radical (unpaired) electrons. The topological polar surface area (TPSA) is 38.3 Å². The maximum absolute atomic E-state index is 11.7. The molecule has 1 aromatic carbocycles. The monoisotopic (exact) mass is 281 g/mol. The zero-order valence-corrected chi connectivity index (χ0v) is 12.9. The van der Waals surface area contributed by atoms with Gasteiger partial charge >= 0.3 is 0 Å². The van der Waals surface area contributed by atoms with Crippen molar-refractivity contribution in [3.05, 3.63) is 24.3 Å². The van der Waals surface area contributed by atoms with E-state index in [-0.39, 0.29) is 11.9 Å². The first kappa shape index (κ1) is 15.9. The van der Waals surface area contributed by atoms with Crippen molar-refractivity contribution in [2.75, 3.05) is 12.4 Å². The summed E-state index contributed by atoms with van der Waals surface area (Å²) in [6, 6.07) is 8.04. The first-order valence-corrected chi connectivity index (χ1v) is 7.66. The summed E-state index contributed by atoms with van der Waals surface area (Å²) in [5, 5.41) is 3.00. The highest BCUT2D eigenvalue weighted by atomic mass is 32.2. The van der Waals surface area contributed by atoms with E-state index < -0.39 is 0 Å². The van der Waals surface area contributed by atoms with E-state index in [1.165, 1.54) is 0 Å². The first-order chi connectivity index (χ1) is 9.02. The predicted octanol–water partition coefficient (Wildman–Crippen LogP) is 3.34. The van der Waals surface area contributed by atoms with Crippen molar-refractivity contribution in [3.8, 4) is 5.75 Å². The minimum Gasteiger partial charge on any atom is -0.494 e. The Morgan fingerprint density at radius 2 is 1.89 bits per heavy atom. The number of benzene rings is 1. The summed E-state index contributed by atoms with van der Waals surface area (Å²) in [6.45, 7) is 8.87. The fourth-order valence-corrected chi connectivity index (χ4v) is 2.12. The van der Waals surface area contributed by atoms with Crippen molar-refractivity contribution in [1.29, 1.82) is 0 Å². The van der Waals surface area contributed by atoms with E-state index in [9.17, 15) is 4.79 Å². The normalized spacial score (nSPS) is 12.3. The second-order valence-electron chi connectivity index (χ2n) is 4.79. The molecule has 19 heavy (non-hydrogen) atoms. The maximum Gasteiger partial charge on any atom is 0.230 e. The van der Waals surface area contributed by atoms with E-state index in [0.717, 1.165) is 10.6 Å². The van der Waals surface area contributed by atoms with Gasteiger partial charge < -0.3 is 10.1 Å². The zero-order valence-electron chi connectivity index (χ0n) is 12.1. The minimum absolute atomic E-state index is 0.0834. The highest BCUT2D eigenvalue weighted by Crippen LogP contribution is 2.21. The van der Waals surface area contributed by atoms with E-state index >= 15 is 0 Å². The number of hydrogen-bond donors (Lipinski definition) is 1. The Labute approximate surface area is 120 Å². The minimum atomic E-state index is 0.0834. The van der Waals surface area contributed by atoms with Gasteiger partial charge in [-0.3, -0.25) is 4.79 Å². The van der Waals surface area contributed by atoms with Gasteiger partial charge in [-0.2, -0.15) is 0 Å². The summed E-state index contributed by atoms with van der Waals surface area (Å²) in [4.78, 5) is 12.8. The SMILES string of the molecule is CCOc1ccc(SCC(=O)NC(C)C(C)C)cc1. The summed E-state index contributed by atoms with van der Waals surface area (Å²) >= 11 is 1.54. The maximum atomic E-state index is 11.7. The van der Waals surface area contributed by atoms with Crippen LogP contribution in [0.4, 0.5) is 0 Å². The van der Waals surface area contributed by atoms with Crippen LogP contribution in [0, 0.1) is 5.92 Å². The lowest BCUT2D eigenvalue weighted by atomic mass is 10.1. The van der Waals surface area contributed by atoms with E-state index in [0.29, 0.717) is 18.3 Å². The molecule has 1 aromatic rings. The van der Waals surface area contributed by atoms with Gasteiger partial charge in [-0.1, -0.05) is 13.8 Å². The van der Waals surface area contributed by atoms with Crippen LogP contribution < -0.4 is 10.1 Å². The molecule has 0 aliphatic carbocycles. The number of rotatable bonds is 7. The molecule has 1 amide bonds. The fraction of sp³-hybridized carbons (Fsp3) is 0.533. The van der Waals surface area contributed by atoms with Gasteiger partial charge in [0.15, 0.2) is 0 Å². The summed E-state index contributed by atoms with van der Waals surface area (Å²) in [7, 11) is 0. The number of nitrogens with one attached hydrogen (secondary N) is 1. The lowest BCUT2D eigenvalue weighted by Gasteiger charge is -2.17. The lowest BCUT2D eigenvalue weighted by molar-refractivity contribution is -0.119. The molecule has 0 fully saturated rings.